The van der Waals surface area contributed by atoms with Gasteiger partial charge in [0.05, 0.1) is 6.26 Å². The number of furan rings is 1. The summed E-state index contributed by atoms with van der Waals surface area (Å²) in [6.45, 7) is 7.39. The number of hydrogen-bond donors (Lipinski definition) is 0. The third kappa shape index (κ3) is 1.64. The van der Waals surface area contributed by atoms with E-state index in [2.05, 4.69) is 6.58 Å². The maximum absolute atomic E-state index is 11.5. The molecule has 1 rings (SSSR count). The van der Waals surface area contributed by atoms with Crippen molar-refractivity contribution >= 4 is 5.78 Å². The second-order valence-corrected chi connectivity index (χ2v) is 2.91. The van der Waals surface area contributed by atoms with Crippen LogP contribution in [-0.2, 0) is 0 Å². The van der Waals surface area contributed by atoms with E-state index in [1.165, 1.54) is 6.26 Å². The molecule has 0 spiro atoms. The van der Waals surface area contributed by atoms with Crippen molar-refractivity contribution in [1.82, 2.24) is 0 Å². The first-order chi connectivity index (χ1) is 5.63. The Balaban J connectivity index is 2.79. The van der Waals surface area contributed by atoms with Crippen molar-refractivity contribution in [2.45, 2.75) is 13.8 Å². The maximum atomic E-state index is 11.5. The molecule has 0 unspecified atom stereocenters. The molecular formula is C10H12O2. The van der Waals surface area contributed by atoms with Gasteiger partial charge in [0.15, 0.2) is 5.76 Å². The number of rotatable bonds is 3. The summed E-state index contributed by atoms with van der Waals surface area (Å²) in [6.07, 6.45) is 1.50. The average molecular weight is 164 g/mol. The molecule has 0 aliphatic rings. The number of carbonyl (C=O) groups excluding carboxylic acids is 1. The van der Waals surface area contributed by atoms with Crippen molar-refractivity contribution in [2.24, 2.45) is 5.92 Å². The topological polar surface area (TPSA) is 30.2 Å². The Morgan fingerprint density at radius 3 is 2.75 bits per heavy atom. The van der Waals surface area contributed by atoms with Crippen molar-refractivity contribution in [3.8, 4) is 0 Å². The zero-order valence-corrected chi connectivity index (χ0v) is 7.33. The lowest BCUT2D eigenvalue weighted by Crippen LogP contribution is -2.10. The second kappa shape index (κ2) is 3.39. The van der Waals surface area contributed by atoms with E-state index in [-0.39, 0.29) is 11.7 Å². The molecule has 2 heteroatoms. The number of carbonyl (C=O) groups is 1. The lowest BCUT2D eigenvalue weighted by molar-refractivity contribution is 0.0920. The summed E-state index contributed by atoms with van der Waals surface area (Å²) in [5, 5.41) is 0. The molecule has 12 heavy (non-hydrogen) atoms. The molecule has 1 heterocycles. The molecule has 0 N–H and O–H groups in total. The summed E-state index contributed by atoms with van der Waals surface area (Å²) < 4.78 is 4.98. The molecule has 64 valence electrons. The first-order valence-electron chi connectivity index (χ1n) is 3.86. The first-order valence-corrected chi connectivity index (χ1v) is 3.86. The fourth-order valence-electron chi connectivity index (χ4n) is 0.856. The Hall–Kier alpha value is -1.31. The highest BCUT2D eigenvalue weighted by Crippen LogP contribution is 2.14. The fraction of sp³-hybridized carbons (Fsp3) is 0.300. The molecule has 0 aromatic carbocycles. The molecule has 1 atom stereocenters. The number of ketones is 1. The fourth-order valence-corrected chi connectivity index (χ4v) is 0.856. The van der Waals surface area contributed by atoms with Crippen molar-refractivity contribution in [2.75, 3.05) is 0 Å². The third-order valence-electron chi connectivity index (χ3n) is 1.90. The Labute approximate surface area is 71.9 Å². The van der Waals surface area contributed by atoms with E-state index in [1.54, 1.807) is 12.1 Å². The zero-order valence-electron chi connectivity index (χ0n) is 7.33. The van der Waals surface area contributed by atoms with Crippen LogP contribution < -0.4 is 0 Å². The molecular weight excluding hydrogens is 152 g/mol. The van der Waals surface area contributed by atoms with Crippen molar-refractivity contribution in [1.29, 1.82) is 0 Å². The molecule has 0 aliphatic heterocycles. The van der Waals surface area contributed by atoms with E-state index in [0.717, 1.165) is 5.57 Å². The summed E-state index contributed by atoms with van der Waals surface area (Å²) in [7, 11) is 0. The van der Waals surface area contributed by atoms with Crippen LogP contribution in [0.5, 0.6) is 0 Å². The van der Waals surface area contributed by atoms with Gasteiger partial charge in [-0.15, -0.1) is 0 Å². The predicted octanol–water partition coefficient (Wildman–Crippen LogP) is 2.67. The van der Waals surface area contributed by atoms with Gasteiger partial charge in [0.2, 0.25) is 5.78 Å². The second-order valence-electron chi connectivity index (χ2n) is 2.91. The van der Waals surface area contributed by atoms with Crippen LogP contribution in [0.25, 0.3) is 0 Å². The minimum Gasteiger partial charge on any atom is -0.461 e. The SMILES string of the molecule is C=C(C)[C@H](C)C(=O)c1ccco1. The highest BCUT2D eigenvalue weighted by atomic mass is 16.3. The standard InChI is InChI=1S/C10H12O2/c1-7(2)8(3)10(11)9-5-4-6-12-9/h4-6,8H,1H2,2-3H3/t8-/m0/s1. The summed E-state index contributed by atoms with van der Waals surface area (Å²) in [5.74, 6) is 0.245. The Morgan fingerprint density at radius 2 is 2.33 bits per heavy atom. The van der Waals surface area contributed by atoms with Gasteiger partial charge < -0.3 is 4.42 Å². The van der Waals surface area contributed by atoms with Crippen LogP contribution in [0.2, 0.25) is 0 Å². The molecule has 0 fully saturated rings. The van der Waals surface area contributed by atoms with Crippen LogP contribution in [0.3, 0.4) is 0 Å². The van der Waals surface area contributed by atoms with E-state index >= 15 is 0 Å². The largest absolute Gasteiger partial charge is 0.461 e. The summed E-state index contributed by atoms with van der Waals surface area (Å²) in [5.41, 5.74) is 0.858. The van der Waals surface area contributed by atoms with Gasteiger partial charge in [-0.2, -0.15) is 0 Å². The van der Waals surface area contributed by atoms with Crippen LogP contribution >= 0.6 is 0 Å². The van der Waals surface area contributed by atoms with Gasteiger partial charge in [0.25, 0.3) is 0 Å². The molecule has 1 aromatic heterocycles. The van der Waals surface area contributed by atoms with Gasteiger partial charge in [-0.25, -0.2) is 0 Å². The molecule has 0 aliphatic carbocycles. The third-order valence-corrected chi connectivity index (χ3v) is 1.90. The number of hydrogen-bond acceptors (Lipinski definition) is 2. The minimum atomic E-state index is -0.156. The van der Waals surface area contributed by atoms with Crippen LogP contribution in [-0.4, -0.2) is 5.78 Å². The van der Waals surface area contributed by atoms with E-state index < -0.39 is 0 Å². The molecule has 0 saturated heterocycles. The van der Waals surface area contributed by atoms with E-state index in [1.807, 2.05) is 13.8 Å². The number of Topliss-reactive ketones (excluding diaryl/α,β-unsaturated/α-hetero) is 1. The van der Waals surface area contributed by atoms with Crippen LogP contribution in [0, 0.1) is 5.92 Å². The normalized spacial score (nSPS) is 12.5. The van der Waals surface area contributed by atoms with Gasteiger partial charge >= 0.3 is 0 Å². The Kier molecular flexibility index (Phi) is 2.48. The van der Waals surface area contributed by atoms with E-state index in [4.69, 9.17) is 4.42 Å². The van der Waals surface area contributed by atoms with Crippen LogP contribution in [0.15, 0.2) is 35.0 Å². The van der Waals surface area contributed by atoms with Crippen LogP contribution in [0.4, 0.5) is 0 Å². The Bertz CT molecular complexity index is 283. The summed E-state index contributed by atoms with van der Waals surface area (Å²) >= 11 is 0. The van der Waals surface area contributed by atoms with E-state index in [9.17, 15) is 4.79 Å². The highest BCUT2D eigenvalue weighted by molar-refractivity contribution is 5.96. The highest BCUT2D eigenvalue weighted by Gasteiger charge is 2.17. The predicted molar refractivity (Wildman–Crippen MR) is 47.0 cm³/mol. The lowest BCUT2D eigenvalue weighted by Gasteiger charge is -2.06. The minimum absolute atomic E-state index is 0.00694. The molecule has 0 amide bonds. The van der Waals surface area contributed by atoms with Crippen molar-refractivity contribution < 1.29 is 9.21 Å². The van der Waals surface area contributed by atoms with Gasteiger partial charge in [0.1, 0.15) is 0 Å². The quantitative estimate of drug-likeness (QED) is 0.508. The monoisotopic (exact) mass is 164 g/mol. The summed E-state index contributed by atoms with van der Waals surface area (Å²) in [4.78, 5) is 11.5. The van der Waals surface area contributed by atoms with Gasteiger partial charge in [-0.3, -0.25) is 4.79 Å². The smallest absolute Gasteiger partial charge is 0.204 e. The van der Waals surface area contributed by atoms with E-state index in [0.29, 0.717) is 5.76 Å². The molecule has 1 aromatic rings. The average Bonchev–Trinajstić information content (AvgIpc) is 2.53. The van der Waals surface area contributed by atoms with Crippen molar-refractivity contribution in [3.05, 3.63) is 36.3 Å². The van der Waals surface area contributed by atoms with Gasteiger partial charge in [-0.1, -0.05) is 19.1 Å². The maximum Gasteiger partial charge on any atom is 0.204 e. The van der Waals surface area contributed by atoms with Crippen molar-refractivity contribution in [3.63, 3.8) is 0 Å². The zero-order chi connectivity index (χ0) is 9.14. The van der Waals surface area contributed by atoms with Gasteiger partial charge in [0, 0.05) is 5.92 Å². The first kappa shape index (κ1) is 8.78. The summed E-state index contributed by atoms with van der Waals surface area (Å²) in [6, 6.07) is 3.38. The molecule has 0 radical (unpaired) electrons. The molecule has 2 nitrogen and oxygen atoms in total. The van der Waals surface area contributed by atoms with Crippen LogP contribution in [0.1, 0.15) is 24.4 Å². The Morgan fingerprint density at radius 1 is 1.67 bits per heavy atom. The molecule has 0 saturated carbocycles. The molecule has 0 bridgehead atoms. The van der Waals surface area contributed by atoms with Gasteiger partial charge in [-0.05, 0) is 19.1 Å². The lowest BCUT2D eigenvalue weighted by atomic mass is 9.98. The number of allylic oxidation sites excluding steroid dienone is 1.